The summed E-state index contributed by atoms with van der Waals surface area (Å²) in [7, 11) is 0. The zero-order chi connectivity index (χ0) is 45.9. The van der Waals surface area contributed by atoms with Gasteiger partial charge in [-0.1, -0.05) is 109 Å². The average Bonchev–Trinajstić information content (AvgIpc) is 4.25. The lowest BCUT2D eigenvalue weighted by molar-refractivity contribution is 1.06. The summed E-state index contributed by atoms with van der Waals surface area (Å²) >= 11 is 5.35. The van der Waals surface area contributed by atoms with Crippen LogP contribution in [-0.2, 0) is 0 Å². The largest absolute Gasteiger partial charge is 0.308 e. The van der Waals surface area contributed by atoms with Gasteiger partial charge in [0.25, 0.3) is 0 Å². The van der Waals surface area contributed by atoms with Gasteiger partial charge in [0.05, 0.1) is 55.7 Å². The van der Waals surface area contributed by atoms with Crippen LogP contribution < -0.4 is 0 Å². The third-order valence-electron chi connectivity index (χ3n) is 14.7. The van der Waals surface area contributed by atoms with Crippen molar-refractivity contribution in [3.63, 3.8) is 0 Å². The average molecular weight is 942 g/mol. The number of fused-ring (bicyclic) bond motifs is 18. The quantitative estimate of drug-likeness (QED) is 0.177. The van der Waals surface area contributed by atoms with E-state index in [9.17, 15) is 10.5 Å². The minimum atomic E-state index is 0.464. The summed E-state index contributed by atoms with van der Waals surface area (Å²) in [6.07, 6.45) is 0. The van der Waals surface area contributed by atoms with E-state index < -0.39 is 0 Å². The molecule has 0 bridgehead atoms. The molecule has 8 heteroatoms. The highest BCUT2D eigenvalue weighted by atomic mass is 32.1. The molecular formula is C62H31N5S3. The molecule has 0 saturated heterocycles. The van der Waals surface area contributed by atoms with Crippen LogP contribution >= 0.6 is 34.0 Å². The van der Waals surface area contributed by atoms with E-state index in [1.54, 1.807) is 34.0 Å². The second-order valence-corrected chi connectivity index (χ2v) is 21.4. The van der Waals surface area contributed by atoms with Gasteiger partial charge >= 0.3 is 0 Å². The maximum atomic E-state index is 12.2. The number of benzene rings is 10. The number of hydrogen-bond donors (Lipinski definition) is 0. The van der Waals surface area contributed by atoms with Gasteiger partial charge in [0.2, 0.25) is 0 Å². The number of rotatable bonds is 3. The van der Waals surface area contributed by atoms with Crippen molar-refractivity contribution in [2.75, 3.05) is 0 Å². The fraction of sp³-hybridized carbons (Fsp3) is 0. The van der Waals surface area contributed by atoms with E-state index in [1.807, 2.05) is 6.07 Å². The van der Waals surface area contributed by atoms with Gasteiger partial charge < -0.3 is 13.7 Å². The molecule has 0 spiro atoms. The molecule has 0 N–H and O–H groups in total. The summed E-state index contributed by atoms with van der Waals surface area (Å²) < 4.78 is 14.0. The van der Waals surface area contributed by atoms with Crippen molar-refractivity contribution < 1.29 is 0 Å². The van der Waals surface area contributed by atoms with Crippen LogP contribution in [0.15, 0.2) is 188 Å². The van der Waals surface area contributed by atoms with Gasteiger partial charge in [-0.15, -0.1) is 34.0 Å². The van der Waals surface area contributed by atoms with Gasteiger partial charge in [-0.05, 0) is 78.9 Å². The van der Waals surface area contributed by atoms with Crippen LogP contribution in [0.5, 0.6) is 0 Å². The van der Waals surface area contributed by atoms with Gasteiger partial charge in [-0.2, -0.15) is 10.5 Å². The summed E-state index contributed by atoms with van der Waals surface area (Å²) in [6.45, 7) is 0. The number of para-hydroxylation sites is 3. The summed E-state index contributed by atoms with van der Waals surface area (Å²) in [5, 5.41) is 37.9. The molecule has 5 nitrogen and oxygen atoms in total. The molecule has 322 valence electrons. The number of thiophene rings is 3. The Morgan fingerprint density at radius 2 is 0.643 bits per heavy atom. The fourth-order valence-electron chi connectivity index (χ4n) is 11.8. The van der Waals surface area contributed by atoms with Crippen molar-refractivity contribution >= 4 is 160 Å². The molecule has 0 aliphatic rings. The number of nitrogens with zero attached hydrogens (tertiary/aromatic N) is 5. The Labute approximate surface area is 409 Å². The molecule has 0 fully saturated rings. The standard InChI is InChI=1S/C62H31N5S3/c63-32-34-25-51(65-48-19-7-1-13-35(48)41-26-44-38-16-4-10-22-55(38)68-58(44)29-52(41)65)47(33-64)62(67-50-21-9-3-15-37(50)43-28-46-40-18-6-12-24-57(40)70-60(46)31-54(43)67)61(34)66-49-20-8-2-14-36(49)42-27-45-39-17-5-11-23-56(39)69-59(45)30-53(42)66/h1-31H. The van der Waals surface area contributed by atoms with Gasteiger partial charge in [-0.3, -0.25) is 0 Å². The molecule has 0 aliphatic heterocycles. The first-order valence-corrected chi connectivity index (χ1v) is 25.6. The van der Waals surface area contributed by atoms with E-state index in [1.165, 1.54) is 51.1 Å². The van der Waals surface area contributed by atoms with Crippen molar-refractivity contribution in [1.29, 1.82) is 10.5 Å². The summed E-state index contributed by atoms with van der Waals surface area (Å²) in [6, 6.07) is 72.8. The Kier molecular flexibility index (Phi) is 7.60. The van der Waals surface area contributed by atoms with E-state index in [4.69, 9.17) is 0 Å². The highest BCUT2D eigenvalue weighted by Gasteiger charge is 2.30. The molecule has 0 unspecified atom stereocenters. The van der Waals surface area contributed by atoms with Crippen molar-refractivity contribution in [2.24, 2.45) is 0 Å². The maximum absolute atomic E-state index is 12.2. The van der Waals surface area contributed by atoms with E-state index >= 15 is 0 Å². The van der Waals surface area contributed by atoms with Gasteiger partial charge in [0.1, 0.15) is 17.7 Å². The predicted molar refractivity (Wildman–Crippen MR) is 298 cm³/mol. The smallest absolute Gasteiger partial charge is 0.104 e. The van der Waals surface area contributed by atoms with Gasteiger partial charge in [0, 0.05) is 92.8 Å². The van der Waals surface area contributed by atoms with Crippen molar-refractivity contribution in [1.82, 2.24) is 13.7 Å². The molecule has 16 aromatic rings. The van der Waals surface area contributed by atoms with E-state index in [0.29, 0.717) is 28.2 Å². The zero-order valence-electron chi connectivity index (χ0n) is 36.9. The van der Waals surface area contributed by atoms with Crippen LogP contribution in [0, 0.1) is 22.7 Å². The van der Waals surface area contributed by atoms with Crippen molar-refractivity contribution in [3.05, 3.63) is 199 Å². The third-order valence-corrected chi connectivity index (χ3v) is 18.1. The Morgan fingerprint density at radius 3 is 1.06 bits per heavy atom. The lowest BCUT2D eigenvalue weighted by Gasteiger charge is -2.22. The second-order valence-electron chi connectivity index (χ2n) is 18.2. The van der Waals surface area contributed by atoms with Crippen LogP contribution in [0.4, 0.5) is 0 Å². The fourth-order valence-corrected chi connectivity index (χ4v) is 15.1. The predicted octanol–water partition coefficient (Wildman–Crippen LogP) is 17.8. The number of nitriles is 2. The molecule has 10 aromatic carbocycles. The summed E-state index contributed by atoms with van der Waals surface area (Å²) in [5.41, 5.74) is 8.75. The van der Waals surface area contributed by atoms with Gasteiger partial charge in [-0.25, -0.2) is 0 Å². The molecule has 0 amide bonds. The third kappa shape index (κ3) is 4.96. The molecule has 0 saturated carbocycles. The Hall–Kier alpha value is -8.76. The summed E-state index contributed by atoms with van der Waals surface area (Å²) in [4.78, 5) is 0. The molecule has 16 rings (SSSR count). The molecular weight excluding hydrogens is 911 g/mol. The van der Waals surface area contributed by atoms with E-state index in [0.717, 1.165) is 74.8 Å². The SMILES string of the molecule is N#Cc1cc(-n2c3ccccc3c3cc4c(cc32)sc2ccccc24)c(C#N)c(-n2c3ccccc3c3cc4c(cc32)sc2ccccc24)c1-n1c2ccccc2c2cc3c(cc21)sc1ccccc13. The second kappa shape index (κ2) is 13.9. The minimum absolute atomic E-state index is 0.464. The zero-order valence-corrected chi connectivity index (χ0v) is 39.3. The lowest BCUT2D eigenvalue weighted by Crippen LogP contribution is -2.12. The van der Waals surface area contributed by atoms with Crippen molar-refractivity contribution in [3.8, 4) is 29.2 Å². The number of aromatic nitrogens is 3. The van der Waals surface area contributed by atoms with Gasteiger partial charge in [0.15, 0.2) is 0 Å². The Morgan fingerprint density at radius 1 is 0.286 bits per heavy atom. The molecule has 70 heavy (non-hydrogen) atoms. The topological polar surface area (TPSA) is 62.4 Å². The van der Waals surface area contributed by atoms with E-state index in [-0.39, 0.29) is 0 Å². The highest BCUT2D eigenvalue weighted by molar-refractivity contribution is 7.26. The lowest BCUT2D eigenvalue weighted by atomic mass is 10.0. The first kappa shape index (κ1) is 38.2. The van der Waals surface area contributed by atoms with Crippen LogP contribution in [-0.4, -0.2) is 13.7 Å². The molecule has 6 aromatic heterocycles. The van der Waals surface area contributed by atoms with Crippen LogP contribution in [0.2, 0.25) is 0 Å². The van der Waals surface area contributed by atoms with E-state index in [2.05, 4.69) is 208 Å². The molecule has 6 heterocycles. The highest BCUT2D eigenvalue weighted by Crippen LogP contribution is 2.48. The number of hydrogen-bond acceptors (Lipinski definition) is 5. The molecule has 0 radical (unpaired) electrons. The monoisotopic (exact) mass is 941 g/mol. The molecule has 0 aliphatic carbocycles. The van der Waals surface area contributed by atoms with Crippen LogP contribution in [0.25, 0.3) is 143 Å². The van der Waals surface area contributed by atoms with Crippen LogP contribution in [0.3, 0.4) is 0 Å². The van der Waals surface area contributed by atoms with Crippen molar-refractivity contribution in [2.45, 2.75) is 0 Å². The Balaban J connectivity index is 1.12. The summed E-state index contributed by atoms with van der Waals surface area (Å²) in [5.74, 6) is 0. The minimum Gasteiger partial charge on any atom is -0.308 e. The van der Waals surface area contributed by atoms with Crippen LogP contribution in [0.1, 0.15) is 11.1 Å². The maximum Gasteiger partial charge on any atom is 0.104 e. The first-order chi connectivity index (χ1) is 34.6. The first-order valence-electron chi connectivity index (χ1n) is 23.2. The normalized spacial score (nSPS) is 12.3. The Bertz CT molecular complexity index is 5110. The molecule has 0 atom stereocenters.